The molecule has 0 spiro atoms. The van der Waals surface area contributed by atoms with Crippen molar-refractivity contribution < 1.29 is 9.59 Å². The molecule has 0 aromatic heterocycles. The van der Waals surface area contributed by atoms with Crippen LogP contribution < -0.4 is 16.4 Å². The Bertz CT molecular complexity index is 659. The number of para-hydroxylation sites is 1. The van der Waals surface area contributed by atoms with Gasteiger partial charge in [-0.25, -0.2) is 0 Å². The minimum absolute atomic E-state index is 0.0845. The fourth-order valence-corrected chi connectivity index (χ4v) is 1.87. The van der Waals surface area contributed by atoms with Crippen molar-refractivity contribution in [2.75, 3.05) is 17.2 Å². The van der Waals surface area contributed by atoms with Crippen LogP contribution in [0.2, 0.25) is 5.02 Å². The van der Waals surface area contributed by atoms with E-state index in [2.05, 4.69) is 10.6 Å². The first kappa shape index (κ1) is 14.9. The molecule has 2 aromatic rings. The van der Waals surface area contributed by atoms with Crippen molar-refractivity contribution >= 4 is 34.8 Å². The number of halogens is 1. The molecule has 0 saturated heterocycles. The maximum Gasteiger partial charge on any atom is 0.248 e. The van der Waals surface area contributed by atoms with Crippen LogP contribution in [0.1, 0.15) is 10.4 Å². The van der Waals surface area contributed by atoms with E-state index in [9.17, 15) is 9.59 Å². The summed E-state index contributed by atoms with van der Waals surface area (Å²) in [4.78, 5) is 23.0. The van der Waals surface area contributed by atoms with Crippen molar-refractivity contribution in [3.8, 4) is 0 Å². The van der Waals surface area contributed by atoms with Crippen LogP contribution in [0, 0.1) is 0 Å². The van der Waals surface area contributed by atoms with E-state index in [0.717, 1.165) is 5.69 Å². The second kappa shape index (κ2) is 6.76. The van der Waals surface area contributed by atoms with E-state index in [-0.39, 0.29) is 18.0 Å². The SMILES string of the molecule is NC(=O)c1ccc(Cl)c(NC(=O)CNc2ccccc2)c1. The average molecular weight is 304 g/mol. The Kier molecular flexibility index (Phi) is 4.79. The Balaban J connectivity index is 1.99. The standard InChI is InChI=1S/C15H14ClN3O2/c16-12-7-6-10(15(17)21)8-13(12)19-14(20)9-18-11-4-2-1-3-5-11/h1-8,18H,9H2,(H2,17,21)(H,19,20). The number of benzene rings is 2. The van der Waals surface area contributed by atoms with Crippen molar-refractivity contribution in [3.63, 3.8) is 0 Å². The van der Waals surface area contributed by atoms with Gasteiger partial charge in [-0.15, -0.1) is 0 Å². The third-order valence-corrected chi connectivity index (χ3v) is 3.08. The van der Waals surface area contributed by atoms with Crippen LogP contribution in [0.25, 0.3) is 0 Å². The molecule has 5 nitrogen and oxygen atoms in total. The van der Waals surface area contributed by atoms with Crippen LogP contribution >= 0.6 is 11.6 Å². The first-order valence-corrected chi connectivity index (χ1v) is 6.62. The van der Waals surface area contributed by atoms with Gasteiger partial charge in [-0.3, -0.25) is 9.59 Å². The van der Waals surface area contributed by atoms with Gasteiger partial charge in [0, 0.05) is 11.3 Å². The Hall–Kier alpha value is -2.53. The van der Waals surface area contributed by atoms with Gasteiger partial charge in [0.15, 0.2) is 0 Å². The van der Waals surface area contributed by atoms with Gasteiger partial charge in [0.05, 0.1) is 17.3 Å². The highest BCUT2D eigenvalue weighted by atomic mass is 35.5. The fraction of sp³-hybridized carbons (Fsp3) is 0.0667. The second-order valence-corrected chi connectivity index (χ2v) is 4.73. The molecular weight excluding hydrogens is 290 g/mol. The lowest BCUT2D eigenvalue weighted by Gasteiger charge is -2.10. The summed E-state index contributed by atoms with van der Waals surface area (Å²) >= 11 is 5.97. The zero-order valence-corrected chi connectivity index (χ0v) is 11.9. The predicted octanol–water partition coefficient (Wildman–Crippen LogP) is 2.49. The highest BCUT2D eigenvalue weighted by Gasteiger charge is 2.09. The zero-order valence-electron chi connectivity index (χ0n) is 11.1. The number of carbonyl (C=O) groups excluding carboxylic acids is 2. The molecule has 0 atom stereocenters. The normalized spacial score (nSPS) is 9.95. The molecule has 21 heavy (non-hydrogen) atoms. The molecule has 2 rings (SSSR count). The minimum Gasteiger partial charge on any atom is -0.376 e. The molecule has 0 unspecified atom stereocenters. The monoisotopic (exact) mass is 303 g/mol. The molecule has 2 aromatic carbocycles. The van der Waals surface area contributed by atoms with Crippen molar-refractivity contribution in [1.82, 2.24) is 0 Å². The first-order chi connectivity index (χ1) is 10.1. The Morgan fingerprint density at radius 3 is 2.48 bits per heavy atom. The van der Waals surface area contributed by atoms with E-state index in [1.807, 2.05) is 30.3 Å². The fourth-order valence-electron chi connectivity index (χ4n) is 1.71. The molecule has 0 saturated carbocycles. The molecule has 0 aliphatic carbocycles. The van der Waals surface area contributed by atoms with Crippen molar-refractivity contribution in [2.45, 2.75) is 0 Å². The molecule has 108 valence electrons. The maximum atomic E-state index is 11.9. The van der Waals surface area contributed by atoms with Crippen LogP contribution in [-0.2, 0) is 4.79 Å². The van der Waals surface area contributed by atoms with E-state index in [0.29, 0.717) is 10.7 Å². The molecular formula is C15H14ClN3O2. The molecule has 2 amide bonds. The summed E-state index contributed by atoms with van der Waals surface area (Å²) < 4.78 is 0. The summed E-state index contributed by atoms with van der Waals surface area (Å²) in [5.74, 6) is -0.855. The van der Waals surface area contributed by atoms with Crippen LogP contribution in [0.5, 0.6) is 0 Å². The second-order valence-electron chi connectivity index (χ2n) is 4.33. The number of nitrogens with two attached hydrogens (primary N) is 1. The summed E-state index contributed by atoms with van der Waals surface area (Å²) in [7, 11) is 0. The van der Waals surface area contributed by atoms with E-state index in [4.69, 9.17) is 17.3 Å². The summed E-state index contributed by atoms with van der Waals surface area (Å²) in [5.41, 5.74) is 6.67. The molecule has 0 bridgehead atoms. The third kappa shape index (κ3) is 4.22. The van der Waals surface area contributed by atoms with Crippen molar-refractivity contribution in [1.29, 1.82) is 0 Å². The van der Waals surface area contributed by atoms with Crippen molar-refractivity contribution in [3.05, 3.63) is 59.1 Å². The number of nitrogens with one attached hydrogen (secondary N) is 2. The summed E-state index contributed by atoms with van der Waals surface area (Å²) in [6.07, 6.45) is 0. The number of carbonyl (C=O) groups is 2. The van der Waals surface area contributed by atoms with Gasteiger partial charge in [-0.05, 0) is 30.3 Å². The smallest absolute Gasteiger partial charge is 0.248 e. The lowest BCUT2D eigenvalue weighted by atomic mass is 10.2. The molecule has 0 aliphatic rings. The number of anilines is 2. The van der Waals surface area contributed by atoms with Gasteiger partial charge in [0.25, 0.3) is 0 Å². The maximum absolute atomic E-state index is 11.9. The molecule has 0 aliphatic heterocycles. The number of hydrogen-bond acceptors (Lipinski definition) is 3. The number of hydrogen-bond donors (Lipinski definition) is 3. The number of amides is 2. The third-order valence-electron chi connectivity index (χ3n) is 2.75. The van der Waals surface area contributed by atoms with Crippen LogP contribution in [-0.4, -0.2) is 18.4 Å². The zero-order chi connectivity index (χ0) is 15.2. The summed E-state index contributed by atoms with van der Waals surface area (Å²) in [6.45, 7) is 0.0845. The van der Waals surface area contributed by atoms with Crippen LogP contribution in [0.3, 0.4) is 0 Å². The Morgan fingerprint density at radius 2 is 1.81 bits per heavy atom. The van der Waals surface area contributed by atoms with E-state index < -0.39 is 5.91 Å². The Morgan fingerprint density at radius 1 is 1.10 bits per heavy atom. The van der Waals surface area contributed by atoms with Crippen LogP contribution in [0.4, 0.5) is 11.4 Å². The largest absolute Gasteiger partial charge is 0.376 e. The van der Waals surface area contributed by atoms with E-state index in [1.54, 1.807) is 0 Å². The van der Waals surface area contributed by atoms with Gasteiger partial charge in [0.2, 0.25) is 11.8 Å². The Labute approximate surface area is 127 Å². The highest BCUT2D eigenvalue weighted by Crippen LogP contribution is 2.22. The lowest BCUT2D eigenvalue weighted by molar-refractivity contribution is -0.114. The van der Waals surface area contributed by atoms with E-state index in [1.165, 1.54) is 18.2 Å². The van der Waals surface area contributed by atoms with Gasteiger partial charge in [-0.2, -0.15) is 0 Å². The van der Waals surface area contributed by atoms with Gasteiger partial charge in [-0.1, -0.05) is 29.8 Å². The minimum atomic E-state index is -0.579. The van der Waals surface area contributed by atoms with Gasteiger partial charge >= 0.3 is 0 Å². The van der Waals surface area contributed by atoms with Crippen LogP contribution in [0.15, 0.2) is 48.5 Å². The van der Waals surface area contributed by atoms with Gasteiger partial charge in [0.1, 0.15) is 0 Å². The predicted molar refractivity (Wildman–Crippen MR) is 83.5 cm³/mol. The van der Waals surface area contributed by atoms with E-state index >= 15 is 0 Å². The molecule has 0 heterocycles. The quantitative estimate of drug-likeness (QED) is 0.793. The topological polar surface area (TPSA) is 84.2 Å². The van der Waals surface area contributed by atoms with Gasteiger partial charge < -0.3 is 16.4 Å². The van der Waals surface area contributed by atoms with Crippen molar-refractivity contribution in [2.24, 2.45) is 5.73 Å². The number of primary amides is 1. The average Bonchev–Trinajstić information content (AvgIpc) is 2.48. The molecule has 6 heteroatoms. The first-order valence-electron chi connectivity index (χ1n) is 6.24. The summed E-state index contributed by atoms with van der Waals surface area (Å²) in [5, 5.41) is 5.95. The summed E-state index contributed by atoms with van der Waals surface area (Å²) in [6, 6.07) is 13.8. The molecule has 0 radical (unpaired) electrons. The highest BCUT2D eigenvalue weighted by molar-refractivity contribution is 6.33. The number of rotatable bonds is 5. The molecule has 0 fully saturated rings. The molecule has 4 N–H and O–H groups in total. The lowest BCUT2D eigenvalue weighted by Crippen LogP contribution is -2.22.